The summed E-state index contributed by atoms with van der Waals surface area (Å²) >= 11 is 0. The predicted octanol–water partition coefficient (Wildman–Crippen LogP) is 0.621. The molecule has 0 bridgehead atoms. The minimum atomic E-state index is 1.25. The summed E-state index contributed by atoms with van der Waals surface area (Å²) in [7, 11) is 0. The summed E-state index contributed by atoms with van der Waals surface area (Å²) in [5.74, 6) is 1.25. The first-order valence-corrected chi connectivity index (χ1v) is 1.35. The van der Waals surface area contributed by atoms with Crippen LogP contribution >= 0.6 is 0 Å². The third-order valence-corrected chi connectivity index (χ3v) is 0. The summed E-state index contributed by atoms with van der Waals surface area (Å²) < 4.78 is 0. The highest BCUT2D eigenvalue weighted by atomic mass is 16.1. The van der Waals surface area contributed by atoms with Crippen LogP contribution in [0.1, 0.15) is 0 Å². The SMILES string of the molecule is C=C.C=C=O.C=O. The highest BCUT2D eigenvalue weighted by Gasteiger charge is 1.01. The normalized spacial score (nSPS) is 2.29. The molecule has 0 amide bonds. The van der Waals surface area contributed by atoms with Gasteiger partial charge in [0.15, 0.2) is 0 Å². The molecular weight excluding hydrogens is 92.1 g/mol. The lowest BCUT2D eigenvalue weighted by Gasteiger charge is -1.02. The molecule has 2 heteroatoms. The number of carbonyl (C=O) groups excluding carboxylic acids is 2. The van der Waals surface area contributed by atoms with E-state index >= 15 is 0 Å². The van der Waals surface area contributed by atoms with Crippen LogP contribution < -0.4 is 0 Å². The Kier molecular flexibility index (Phi) is 8930. The molecule has 0 aliphatic carbocycles. The molecular formula is C5H8O2. The van der Waals surface area contributed by atoms with Crippen molar-refractivity contribution in [2.24, 2.45) is 0 Å². The number of hydrogen-bond donors (Lipinski definition) is 0. The van der Waals surface area contributed by atoms with Gasteiger partial charge in [0.05, 0.1) is 0 Å². The van der Waals surface area contributed by atoms with E-state index in [0.717, 1.165) is 0 Å². The van der Waals surface area contributed by atoms with Crippen molar-refractivity contribution in [3.05, 3.63) is 19.7 Å². The molecule has 0 aromatic carbocycles. The molecule has 0 aromatic rings. The molecule has 7 heavy (non-hydrogen) atoms. The Morgan fingerprint density at radius 3 is 1.14 bits per heavy atom. The Hall–Kier alpha value is -1.14. The predicted molar refractivity (Wildman–Crippen MR) is 29.7 cm³/mol. The summed E-state index contributed by atoms with van der Waals surface area (Å²) in [5, 5.41) is 0. The maximum absolute atomic E-state index is 8.57. The zero-order chi connectivity index (χ0) is 6.71. The summed E-state index contributed by atoms with van der Waals surface area (Å²) in [6.07, 6.45) is 0. The smallest absolute Gasteiger partial charge is 0.116 e. The third-order valence-electron chi connectivity index (χ3n) is 0. The van der Waals surface area contributed by atoms with Gasteiger partial charge in [0.1, 0.15) is 12.7 Å². The fourth-order valence-corrected chi connectivity index (χ4v) is 0. The van der Waals surface area contributed by atoms with Crippen LogP contribution in [0, 0.1) is 0 Å². The molecule has 0 saturated carbocycles. The molecule has 0 spiro atoms. The van der Waals surface area contributed by atoms with E-state index in [4.69, 9.17) is 9.59 Å². The second kappa shape index (κ2) is 3690. The fraction of sp³-hybridized carbons (Fsp3) is 0. The molecule has 0 fully saturated rings. The Labute approximate surface area is 43.2 Å². The van der Waals surface area contributed by atoms with Gasteiger partial charge in [0.2, 0.25) is 0 Å². The van der Waals surface area contributed by atoms with E-state index < -0.39 is 0 Å². The summed E-state index contributed by atoms with van der Waals surface area (Å²) in [5.41, 5.74) is 0. The number of hydrogen-bond acceptors (Lipinski definition) is 2. The zero-order valence-corrected chi connectivity index (χ0v) is 4.14. The van der Waals surface area contributed by atoms with Crippen LogP contribution in [0.2, 0.25) is 0 Å². The molecule has 0 heterocycles. The van der Waals surface area contributed by atoms with E-state index in [1.807, 2.05) is 6.79 Å². The van der Waals surface area contributed by atoms with Gasteiger partial charge in [-0.3, -0.25) is 0 Å². The van der Waals surface area contributed by atoms with E-state index in [9.17, 15) is 0 Å². The van der Waals surface area contributed by atoms with Gasteiger partial charge in [-0.25, -0.2) is 4.79 Å². The molecule has 0 aromatic heterocycles. The van der Waals surface area contributed by atoms with Crippen LogP contribution in [0.5, 0.6) is 0 Å². The van der Waals surface area contributed by atoms with Crippen LogP contribution in [0.4, 0.5) is 0 Å². The zero-order valence-electron chi connectivity index (χ0n) is 4.14. The van der Waals surface area contributed by atoms with Crippen molar-refractivity contribution in [3.63, 3.8) is 0 Å². The van der Waals surface area contributed by atoms with Crippen molar-refractivity contribution in [1.82, 2.24) is 0 Å². The minimum absolute atomic E-state index is 1.25. The van der Waals surface area contributed by atoms with Crippen LogP contribution in [0.25, 0.3) is 0 Å². The monoisotopic (exact) mass is 100 g/mol. The molecule has 0 saturated heterocycles. The molecule has 0 aliphatic heterocycles. The average Bonchev–Trinajstić information content (AvgIpc) is 1.78. The molecule has 0 N–H and O–H groups in total. The van der Waals surface area contributed by atoms with Gasteiger partial charge in [0, 0.05) is 0 Å². The van der Waals surface area contributed by atoms with Gasteiger partial charge in [-0.15, -0.1) is 13.2 Å². The van der Waals surface area contributed by atoms with Crippen LogP contribution in [-0.2, 0) is 9.59 Å². The first-order valence-electron chi connectivity index (χ1n) is 1.35. The molecule has 0 radical (unpaired) electrons. The lowest BCUT2D eigenvalue weighted by atomic mass is 11.2. The lowest BCUT2D eigenvalue weighted by Crippen LogP contribution is -1.15. The van der Waals surface area contributed by atoms with Crippen molar-refractivity contribution >= 4 is 12.7 Å². The highest BCUT2D eigenvalue weighted by Crippen LogP contribution is 0.894. The Bertz CT molecular complexity index is 42.0. The number of carbonyl (C=O) groups is 1. The Morgan fingerprint density at radius 1 is 1.14 bits per heavy atom. The van der Waals surface area contributed by atoms with Gasteiger partial charge >= 0.3 is 0 Å². The highest BCUT2D eigenvalue weighted by molar-refractivity contribution is 5.38. The van der Waals surface area contributed by atoms with E-state index in [2.05, 4.69) is 19.7 Å². The summed E-state index contributed by atoms with van der Waals surface area (Å²) in [6, 6.07) is 0. The topological polar surface area (TPSA) is 34.1 Å². The van der Waals surface area contributed by atoms with Crippen molar-refractivity contribution in [2.75, 3.05) is 0 Å². The fourth-order valence-electron chi connectivity index (χ4n) is 0. The first kappa shape index (κ1) is 16.9. The Morgan fingerprint density at radius 2 is 1.14 bits per heavy atom. The van der Waals surface area contributed by atoms with Gasteiger partial charge in [0.25, 0.3) is 0 Å². The van der Waals surface area contributed by atoms with Gasteiger partial charge in [-0.2, -0.15) is 0 Å². The van der Waals surface area contributed by atoms with Crippen molar-refractivity contribution < 1.29 is 9.59 Å². The van der Waals surface area contributed by atoms with Crippen molar-refractivity contribution in [1.29, 1.82) is 0 Å². The standard InChI is InChI=1S/C2H2O.C2H4.CH2O/c1-2-3;2*1-2/h1H2;1-2H2;1H2. The molecule has 0 aliphatic rings. The molecule has 2 nitrogen and oxygen atoms in total. The van der Waals surface area contributed by atoms with Crippen LogP contribution in [-0.4, -0.2) is 12.7 Å². The largest absolute Gasteiger partial charge is 0.307 e. The van der Waals surface area contributed by atoms with E-state index in [-0.39, 0.29) is 0 Å². The lowest BCUT2D eigenvalue weighted by molar-refractivity contribution is -0.0979. The van der Waals surface area contributed by atoms with E-state index in [1.165, 1.54) is 5.94 Å². The second-order valence-electron chi connectivity index (χ2n) is 0.144. The van der Waals surface area contributed by atoms with Gasteiger partial charge < -0.3 is 4.79 Å². The maximum Gasteiger partial charge on any atom is 0.116 e. The van der Waals surface area contributed by atoms with Crippen molar-refractivity contribution in [2.45, 2.75) is 0 Å². The van der Waals surface area contributed by atoms with Gasteiger partial charge in [-0.05, 0) is 6.58 Å². The molecule has 0 unspecified atom stereocenters. The van der Waals surface area contributed by atoms with Crippen LogP contribution in [0.3, 0.4) is 0 Å². The molecule has 0 atom stereocenters. The molecule has 40 valence electrons. The van der Waals surface area contributed by atoms with Gasteiger partial charge in [-0.1, -0.05) is 0 Å². The van der Waals surface area contributed by atoms with E-state index in [0.29, 0.717) is 0 Å². The maximum atomic E-state index is 8.57. The first-order chi connectivity index (χ1) is 3.41. The Balaban J connectivity index is -0.0000000360. The number of rotatable bonds is 0. The summed E-state index contributed by atoms with van der Waals surface area (Å²) in [6.45, 7) is 10.7. The summed E-state index contributed by atoms with van der Waals surface area (Å²) in [4.78, 5) is 16.6. The average molecular weight is 100 g/mol. The van der Waals surface area contributed by atoms with Crippen molar-refractivity contribution in [3.8, 4) is 0 Å². The third kappa shape index (κ3) is 30.6. The molecule has 0 rings (SSSR count). The van der Waals surface area contributed by atoms with Crippen LogP contribution in [0.15, 0.2) is 19.7 Å². The quantitative estimate of drug-likeness (QED) is 0.330. The van der Waals surface area contributed by atoms with E-state index in [1.54, 1.807) is 0 Å². The second-order valence-corrected chi connectivity index (χ2v) is 0.144. The minimum Gasteiger partial charge on any atom is -0.307 e.